The molecule has 39 heavy (non-hydrogen) atoms. The van der Waals surface area contributed by atoms with Gasteiger partial charge in [-0.15, -0.1) is 0 Å². The predicted molar refractivity (Wildman–Crippen MR) is 150 cm³/mol. The van der Waals surface area contributed by atoms with Gasteiger partial charge in [-0.1, -0.05) is 76.3 Å². The van der Waals surface area contributed by atoms with Crippen LogP contribution in [0, 0.1) is 29.6 Å². The van der Waals surface area contributed by atoms with Gasteiger partial charge in [0.2, 0.25) is 17.7 Å². The first-order chi connectivity index (χ1) is 18.7. The van der Waals surface area contributed by atoms with Gasteiger partial charge in [-0.25, -0.2) is 0 Å². The Morgan fingerprint density at radius 3 is 2.56 bits per heavy atom. The number of ether oxygens (including phenoxy) is 1. The normalized spacial score (nSPS) is 41.0. The Hall–Kier alpha value is -2.38. The summed E-state index contributed by atoms with van der Waals surface area (Å²) in [6.07, 6.45) is 10.5. The maximum absolute atomic E-state index is 14.4. The van der Waals surface area contributed by atoms with E-state index in [-0.39, 0.29) is 35.7 Å². The maximum atomic E-state index is 14.4. The van der Waals surface area contributed by atoms with Gasteiger partial charge in [0.05, 0.1) is 17.9 Å². The molecule has 0 radical (unpaired) electrons. The SMILES string of the molecule is CC1CCCC(NC(=O)C2N(C3CCCCC3C)C(=O)C3C(C(=O)Nc4cccc(Cl)c4)C4C=CC32O4)C1C. The molecular weight excluding hydrogens is 514 g/mol. The van der Waals surface area contributed by atoms with Crippen LogP contribution in [0.25, 0.3) is 0 Å². The molecule has 2 bridgehead atoms. The molecule has 8 heteroatoms. The fourth-order valence-electron chi connectivity index (χ4n) is 8.11. The van der Waals surface area contributed by atoms with E-state index in [9.17, 15) is 14.4 Å². The van der Waals surface area contributed by atoms with Crippen molar-refractivity contribution in [3.63, 3.8) is 0 Å². The molecule has 3 amide bonds. The molecule has 210 valence electrons. The van der Waals surface area contributed by atoms with Crippen LogP contribution in [0.15, 0.2) is 36.4 Å². The molecule has 1 spiro atoms. The highest BCUT2D eigenvalue weighted by Crippen LogP contribution is 2.56. The van der Waals surface area contributed by atoms with Crippen LogP contribution in [0.5, 0.6) is 0 Å². The van der Waals surface area contributed by atoms with Crippen molar-refractivity contribution in [1.82, 2.24) is 10.2 Å². The Balaban J connectivity index is 1.34. The third-order valence-corrected chi connectivity index (χ3v) is 10.6. The van der Waals surface area contributed by atoms with E-state index in [1.165, 1.54) is 6.42 Å². The number of benzene rings is 1. The molecule has 1 aromatic carbocycles. The minimum absolute atomic E-state index is 0.0441. The lowest BCUT2D eigenvalue weighted by Crippen LogP contribution is -2.60. The number of hydrogen-bond acceptors (Lipinski definition) is 4. The number of carbonyl (C=O) groups excluding carboxylic acids is 3. The zero-order valence-electron chi connectivity index (χ0n) is 23.1. The monoisotopic (exact) mass is 553 g/mol. The Morgan fingerprint density at radius 2 is 1.79 bits per heavy atom. The molecule has 0 aromatic heterocycles. The molecule has 1 aromatic rings. The number of likely N-dealkylation sites (tertiary alicyclic amines) is 1. The average Bonchev–Trinajstić information content (AvgIpc) is 3.54. The van der Waals surface area contributed by atoms with E-state index in [1.54, 1.807) is 24.3 Å². The number of fused-ring (bicyclic) bond motifs is 1. The molecule has 2 aliphatic carbocycles. The summed E-state index contributed by atoms with van der Waals surface area (Å²) < 4.78 is 6.56. The number of amides is 3. The first kappa shape index (κ1) is 26.8. The number of carbonyl (C=O) groups is 3. The molecule has 4 fully saturated rings. The lowest BCUT2D eigenvalue weighted by atomic mass is 9.73. The van der Waals surface area contributed by atoms with Crippen molar-refractivity contribution >= 4 is 35.0 Å². The second kappa shape index (κ2) is 10.2. The number of hydrogen-bond donors (Lipinski definition) is 2. The lowest BCUT2D eigenvalue weighted by molar-refractivity contribution is -0.146. The summed E-state index contributed by atoms with van der Waals surface area (Å²) in [5, 5.41) is 6.84. The fraction of sp³-hybridized carbons (Fsp3) is 0.645. The highest BCUT2D eigenvalue weighted by molar-refractivity contribution is 6.30. The van der Waals surface area contributed by atoms with Gasteiger partial charge < -0.3 is 20.3 Å². The average molecular weight is 554 g/mol. The van der Waals surface area contributed by atoms with Crippen LogP contribution in [-0.4, -0.2) is 52.5 Å². The molecular formula is C31H40ClN3O4. The lowest BCUT2D eigenvalue weighted by Gasteiger charge is -2.42. The Morgan fingerprint density at radius 1 is 1.03 bits per heavy atom. The van der Waals surface area contributed by atoms with Crippen molar-refractivity contribution in [2.24, 2.45) is 29.6 Å². The van der Waals surface area contributed by atoms with Gasteiger partial charge in [0, 0.05) is 22.8 Å². The van der Waals surface area contributed by atoms with E-state index >= 15 is 0 Å². The summed E-state index contributed by atoms with van der Waals surface area (Å²) >= 11 is 6.14. The summed E-state index contributed by atoms with van der Waals surface area (Å²) in [6.45, 7) is 6.64. The van der Waals surface area contributed by atoms with E-state index in [0.29, 0.717) is 22.5 Å². The van der Waals surface area contributed by atoms with Crippen LogP contribution in [0.4, 0.5) is 5.69 Å². The first-order valence-corrected chi connectivity index (χ1v) is 15.1. The molecule has 2 saturated carbocycles. The third kappa shape index (κ3) is 4.40. The zero-order valence-corrected chi connectivity index (χ0v) is 23.8. The number of nitrogens with one attached hydrogen (secondary N) is 2. The third-order valence-electron chi connectivity index (χ3n) is 10.4. The maximum Gasteiger partial charge on any atom is 0.246 e. The molecule has 10 atom stereocenters. The first-order valence-electron chi connectivity index (χ1n) is 14.8. The Kier molecular flexibility index (Phi) is 7.03. The highest BCUT2D eigenvalue weighted by atomic mass is 35.5. The molecule has 10 unspecified atom stereocenters. The zero-order chi connectivity index (χ0) is 27.5. The molecule has 2 saturated heterocycles. The second-order valence-electron chi connectivity index (χ2n) is 12.7. The van der Waals surface area contributed by atoms with Crippen molar-refractivity contribution in [2.75, 3.05) is 5.32 Å². The van der Waals surface area contributed by atoms with Crippen molar-refractivity contribution in [3.05, 3.63) is 41.4 Å². The van der Waals surface area contributed by atoms with Gasteiger partial charge >= 0.3 is 0 Å². The molecule has 3 heterocycles. The minimum Gasteiger partial charge on any atom is -0.359 e. The molecule has 2 N–H and O–H groups in total. The van der Waals surface area contributed by atoms with Gasteiger partial charge in [0.1, 0.15) is 11.6 Å². The van der Waals surface area contributed by atoms with E-state index < -0.39 is 29.6 Å². The number of rotatable bonds is 5. The Bertz CT molecular complexity index is 1190. The van der Waals surface area contributed by atoms with Crippen LogP contribution in [0.2, 0.25) is 5.02 Å². The van der Waals surface area contributed by atoms with Crippen molar-refractivity contribution in [3.8, 4) is 0 Å². The quantitative estimate of drug-likeness (QED) is 0.505. The summed E-state index contributed by atoms with van der Waals surface area (Å²) in [6, 6.07) is 6.23. The summed E-state index contributed by atoms with van der Waals surface area (Å²) in [5.74, 6) is -0.821. The van der Waals surface area contributed by atoms with Gasteiger partial charge in [-0.2, -0.15) is 0 Å². The number of anilines is 1. The predicted octanol–water partition coefficient (Wildman–Crippen LogP) is 4.95. The van der Waals surface area contributed by atoms with E-state index in [1.807, 2.05) is 17.1 Å². The molecule has 5 aliphatic rings. The van der Waals surface area contributed by atoms with Crippen molar-refractivity contribution in [2.45, 2.75) is 95.5 Å². The molecule has 7 nitrogen and oxygen atoms in total. The minimum atomic E-state index is -1.14. The van der Waals surface area contributed by atoms with Crippen LogP contribution in [-0.2, 0) is 19.1 Å². The van der Waals surface area contributed by atoms with Crippen LogP contribution < -0.4 is 10.6 Å². The smallest absolute Gasteiger partial charge is 0.246 e. The molecule has 3 aliphatic heterocycles. The van der Waals surface area contributed by atoms with E-state index in [0.717, 1.165) is 38.5 Å². The Labute approximate surface area is 236 Å². The summed E-state index contributed by atoms with van der Waals surface area (Å²) in [7, 11) is 0. The van der Waals surface area contributed by atoms with Crippen LogP contribution >= 0.6 is 11.6 Å². The van der Waals surface area contributed by atoms with Crippen LogP contribution in [0.3, 0.4) is 0 Å². The van der Waals surface area contributed by atoms with Crippen molar-refractivity contribution < 1.29 is 19.1 Å². The van der Waals surface area contributed by atoms with Gasteiger partial charge in [-0.05, 0) is 55.2 Å². The summed E-state index contributed by atoms with van der Waals surface area (Å²) in [4.78, 5) is 44.2. The van der Waals surface area contributed by atoms with Gasteiger partial charge in [0.15, 0.2) is 0 Å². The molecule has 6 rings (SSSR count). The largest absolute Gasteiger partial charge is 0.359 e. The number of nitrogens with zero attached hydrogens (tertiary/aromatic N) is 1. The van der Waals surface area contributed by atoms with E-state index in [4.69, 9.17) is 16.3 Å². The van der Waals surface area contributed by atoms with Gasteiger partial charge in [0.25, 0.3) is 0 Å². The topological polar surface area (TPSA) is 87.7 Å². The van der Waals surface area contributed by atoms with Crippen molar-refractivity contribution in [1.29, 1.82) is 0 Å². The summed E-state index contributed by atoms with van der Waals surface area (Å²) in [5.41, 5.74) is -0.561. The van der Waals surface area contributed by atoms with Crippen LogP contribution in [0.1, 0.15) is 65.7 Å². The number of halogens is 1. The highest BCUT2D eigenvalue weighted by Gasteiger charge is 2.73. The second-order valence-corrected chi connectivity index (χ2v) is 13.1. The van der Waals surface area contributed by atoms with E-state index in [2.05, 4.69) is 31.4 Å². The fourth-order valence-corrected chi connectivity index (χ4v) is 8.30. The van der Waals surface area contributed by atoms with Gasteiger partial charge in [-0.3, -0.25) is 14.4 Å². The standard InChI is InChI=1S/C31H40ClN3O4/c1-17-9-6-12-22(19(17)3)34-29(37)27-31-15-14-24(39-31)25(28(36)33-21-11-7-10-20(32)16-21)26(31)30(38)35(27)23-13-5-4-8-18(23)2/h7,10-11,14-19,22-27H,4-6,8-9,12-13H2,1-3H3,(H,33,36)(H,34,37).